The maximum atomic E-state index is 4.19. The van der Waals surface area contributed by atoms with Crippen LogP contribution in [0.15, 0.2) is 0 Å². The van der Waals surface area contributed by atoms with Crippen molar-refractivity contribution in [3.8, 4) is 0 Å². The fourth-order valence-electron chi connectivity index (χ4n) is 0.608. The highest BCUT2D eigenvalue weighted by atomic mass is 127. The first kappa shape index (κ1) is 8.69. The lowest BCUT2D eigenvalue weighted by Gasteiger charge is -2.03. The van der Waals surface area contributed by atoms with Gasteiger partial charge in [-0.3, -0.25) is 0 Å². The van der Waals surface area contributed by atoms with Crippen molar-refractivity contribution >= 4 is 45.2 Å². The average Bonchev–Trinajstić information content (AvgIpc) is 2.10. The second-order valence-corrected chi connectivity index (χ2v) is 4.12. The molecule has 0 aliphatic carbocycles. The van der Waals surface area contributed by atoms with E-state index in [2.05, 4.69) is 69.1 Å². The summed E-state index contributed by atoms with van der Waals surface area (Å²) in [6.45, 7) is 4.18. The first-order valence-corrected chi connectivity index (χ1v) is 5.04. The Kier molecular flexibility index (Phi) is 2.90. The van der Waals surface area contributed by atoms with Crippen molar-refractivity contribution in [3.05, 3.63) is 7.66 Å². The average molecular weight is 363 g/mol. The lowest BCUT2D eigenvalue weighted by Crippen LogP contribution is -2.04. The number of nitrogens with zero attached hydrogens (tertiary/aromatic N) is 3. The van der Waals surface area contributed by atoms with Gasteiger partial charge in [0.25, 0.3) is 0 Å². The Morgan fingerprint density at radius 3 is 2.20 bits per heavy atom. The molecule has 0 aliphatic heterocycles. The molecule has 0 fully saturated rings. The summed E-state index contributed by atoms with van der Waals surface area (Å²) in [4.78, 5) is 4.16. The van der Waals surface area contributed by atoms with Crippen molar-refractivity contribution in [2.24, 2.45) is 0 Å². The number of halogens is 2. The molecule has 0 amide bonds. The van der Waals surface area contributed by atoms with Gasteiger partial charge in [-0.2, -0.15) is 4.98 Å². The molecule has 0 saturated heterocycles. The molecular formula is C5H7I2N3. The first-order chi connectivity index (χ1) is 4.61. The molecule has 0 N–H and O–H groups in total. The fraction of sp³-hybridized carbons (Fsp3) is 0.600. The molecule has 3 nitrogen and oxygen atoms in total. The van der Waals surface area contributed by atoms with E-state index in [-0.39, 0.29) is 0 Å². The van der Waals surface area contributed by atoms with Crippen LogP contribution in [-0.2, 0) is 0 Å². The Morgan fingerprint density at radius 2 is 2.00 bits per heavy atom. The van der Waals surface area contributed by atoms with Crippen LogP contribution in [-0.4, -0.2) is 14.8 Å². The van der Waals surface area contributed by atoms with Crippen LogP contribution in [0.4, 0.5) is 0 Å². The standard InChI is InChI=1S/C5H7I2N3/c1-3(2)10-5(7)8-4(6)9-10/h3H,1-2H3. The summed E-state index contributed by atoms with van der Waals surface area (Å²) in [6, 6.07) is 0.405. The van der Waals surface area contributed by atoms with E-state index in [0.29, 0.717) is 6.04 Å². The van der Waals surface area contributed by atoms with E-state index in [1.165, 1.54) is 0 Å². The van der Waals surface area contributed by atoms with E-state index in [1.807, 2.05) is 4.68 Å². The summed E-state index contributed by atoms with van der Waals surface area (Å²) in [5.74, 6) is 0. The highest BCUT2D eigenvalue weighted by molar-refractivity contribution is 14.1. The minimum atomic E-state index is 0.405. The van der Waals surface area contributed by atoms with Crippen LogP contribution in [0.2, 0.25) is 0 Å². The van der Waals surface area contributed by atoms with Gasteiger partial charge in [-0.05, 0) is 13.8 Å². The van der Waals surface area contributed by atoms with Crippen molar-refractivity contribution in [1.29, 1.82) is 0 Å². The molecule has 1 heterocycles. The lowest BCUT2D eigenvalue weighted by molar-refractivity contribution is 0.516. The molecule has 10 heavy (non-hydrogen) atoms. The van der Waals surface area contributed by atoms with E-state index >= 15 is 0 Å². The van der Waals surface area contributed by atoms with Gasteiger partial charge in [0.1, 0.15) is 0 Å². The molecule has 1 aromatic heterocycles. The second kappa shape index (κ2) is 3.33. The Balaban J connectivity index is 3.03. The molecule has 0 saturated carbocycles. The number of hydrogen-bond donors (Lipinski definition) is 0. The van der Waals surface area contributed by atoms with Gasteiger partial charge in [-0.1, -0.05) is 0 Å². The highest BCUT2D eigenvalue weighted by Gasteiger charge is 2.06. The number of rotatable bonds is 1. The van der Waals surface area contributed by atoms with E-state index in [1.54, 1.807) is 0 Å². The van der Waals surface area contributed by atoms with Gasteiger partial charge in [-0.15, -0.1) is 5.10 Å². The van der Waals surface area contributed by atoms with E-state index in [4.69, 9.17) is 0 Å². The third-order valence-electron chi connectivity index (χ3n) is 1.05. The number of hydrogen-bond acceptors (Lipinski definition) is 2. The Labute approximate surface area is 86.9 Å². The summed E-state index contributed by atoms with van der Waals surface area (Å²) in [5.41, 5.74) is 0. The van der Waals surface area contributed by atoms with Crippen LogP contribution in [0.25, 0.3) is 0 Å². The van der Waals surface area contributed by atoms with Crippen LogP contribution >= 0.6 is 45.2 Å². The smallest absolute Gasteiger partial charge is 0.212 e. The van der Waals surface area contributed by atoms with E-state index in [0.717, 1.165) is 7.66 Å². The SMILES string of the molecule is CC(C)n1nc(I)nc1I. The van der Waals surface area contributed by atoms with Gasteiger partial charge in [0.05, 0.1) is 0 Å². The highest BCUT2D eigenvalue weighted by Crippen LogP contribution is 2.10. The summed E-state index contributed by atoms with van der Waals surface area (Å²) >= 11 is 4.29. The molecule has 0 aliphatic rings. The minimum Gasteiger partial charge on any atom is -0.238 e. The summed E-state index contributed by atoms with van der Waals surface area (Å²) < 4.78 is 3.68. The zero-order valence-electron chi connectivity index (χ0n) is 5.67. The van der Waals surface area contributed by atoms with E-state index in [9.17, 15) is 0 Å². The predicted molar refractivity (Wildman–Crippen MR) is 55.8 cm³/mol. The Morgan fingerprint density at radius 1 is 1.40 bits per heavy atom. The second-order valence-electron chi connectivity index (χ2n) is 2.19. The fourth-order valence-corrected chi connectivity index (χ4v) is 2.42. The summed E-state index contributed by atoms with van der Waals surface area (Å²) in [5, 5.41) is 4.19. The van der Waals surface area contributed by atoms with Gasteiger partial charge < -0.3 is 0 Å². The molecule has 5 heteroatoms. The molecule has 0 spiro atoms. The summed E-state index contributed by atoms with van der Waals surface area (Å²) in [7, 11) is 0. The quantitative estimate of drug-likeness (QED) is 0.716. The molecule has 0 aromatic carbocycles. The maximum absolute atomic E-state index is 4.19. The van der Waals surface area contributed by atoms with Crippen molar-refractivity contribution in [2.45, 2.75) is 19.9 Å². The normalized spacial score (nSPS) is 10.9. The van der Waals surface area contributed by atoms with Gasteiger partial charge in [-0.25, -0.2) is 4.68 Å². The van der Waals surface area contributed by atoms with Gasteiger partial charge in [0.15, 0.2) is 3.83 Å². The van der Waals surface area contributed by atoms with Crippen LogP contribution in [0, 0.1) is 7.66 Å². The molecule has 1 rings (SSSR count). The first-order valence-electron chi connectivity index (χ1n) is 2.89. The van der Waals surface area contributed by atoms with Crippen molar-refractivity contribution in [2.75, 3.05) is 0 Å². The van der Waals surface area contributed by atoms with Crippen LogP contribution in [0.5, 0.6) is 0 Å². The Hall–Kier alpha value is 0.600. The van der Waals surface area contributed by atoms with Crippen LogP contribution < -0.4 is 0 Å². The molecule has 0 unspecified atom stereocenters. The molecular weight excluding hydrogens is 356 g/mol. The predicted octanol–water partition coefficient (Wildman–Crippen LogP) is 2.07. The zero-order chi connectivity index (χ0) is 7.72. The van der Waals surface area contributed by atoms with Crippen molar-refractivity contribution < 1.29 is 0 Å². The van der Waals surface area contributed by atoms with Crippen molar-refractivity contribution in [3.63, 3.8) is 0 Å². The zero-order valence-corrected chi connectivity index (χ0v) is 9.99. The Bertz CT molecular complexity index is 231. The largest absolute Gasteiger partial charge is 0.238 e. The molecule has 0 atom stereocenters. The third kappa shape index (κ3) is 1.80. The maximum Gasteiger partial charge on any atom is 0.212 e. The van der Waals surface area contributed by atoms with Gasteiger partial charge in [0, 0.05) is 51.2 Å². The van der Waals surface area contributed by atoms with Crippen molar-refractivity contribution in [1.82, 2.24) is 14.8 Å². The van der Waals surface area contributed by atoms with Crippen LogP contribution in [0.1, 0.15) is 19.9 Å². The molecule has 0 radical (unpaired) electrons. The van der Waals surface area contributed by atoms with Crippen LogP contribution in [0.3, 0.4) is 0 Å². The monoisotopic (exact) mass is 363 g/mol. The van der Waals surface area contributed by atoms with E-state index < -0.39 is 0 Å². The molecule has 56 valence electrons. The third-order valence-corrected chi connectivity index (χ3v) is 2.25. The lowest BCUT2D eigenvalue weighted by atomic mass is 10.4. The summed E-state index contributed by atoms with van der Waals surface area (Å²) in [6.07, 6.45) is 0. The number of aromatic nitrogens is 3. The minimum absolute atomic E-state index is 0.405. The van der Waals surface area contributed by atoms with Gasteiger partial charge in [0.2, 0.25) is 3.83 Å². The topological polar surface area (TPSA) is 30.7 Å². The van der Waals surface area contributed by atoms with Gasteiger partial charge >= 0.3 is 0 Å². The molecule has 0 bridgehead atoms. The molecule has 1 aromatic rings.